The van der Waals surface area contributed by atoms with Gasteiger partial charge in [-0.3, -0.25) is 0 Å². The number of methoxy groups -OCH3 is 2. The zero-order valence-electron chi connectivity index (χ0n) is 17.0. The van der Waals surface area contributed by atoms with Gasteiger partial charge in [-0.1, -0.05) is 12.1 Å². The van der Waals surface area contributed by atoms with Crippen LogP contribution in [-0.4, -0.2) is 52.1 Å². The molecule has 160 valence electrons. The molecule has 0 radical (unpaired) electrons. The van der Waals surface area contributed by atoms with E-state index in [0.29, 0.717) is 18.7 Å². The molecule has 0 saturated heterocycles. The minimum absolute atomic E-state index is 0.198. The summed E-state index contributed by atoms with van der Waals surface area (Å²) >= 11 is 1.29. The Labute approximate surface area is 180 Å². The SMILES string of the molecule is COc1ccc(Cc2nsc(N(C)CCNS(=O)(=O)c3ccc(OC)cc3)n2)cc1. The Morgan fingerprint density at radius 1 is 1.00 bits per heavy atom. The lowest BCUT2D eigenvalue weighted by atomic mass is 10.1. The maximum absolute atomic E-state index is 12.4. The molecule has 10 heteroatoms. The highest BCUT2D eigenvalue weighted by Gasteiger charge is 2.15. The van der Waals surface area contributed by atoms with Crippen molar-refractivity contribution in [1.29, 1.82) is 0 Å². The highest BCUT2D eigenvalue weighted by molar-refractivity contribution is 7.89. The number of sulfonamides is 1. The van der Waals surface area contributed by atoms with E-state index in [2.05, 4.69) is 14.1 Å². The van der Waals surface area contributed by atoms with Crippen molar-refractivity contribution in [3.05, 3.63) is 59.9 Å². The van der Waals surface area contributed by atoms with Crippen LogP contribution in [0.1, 0.15) is 11.4 Å². The monoisotopic (exact) mass is 448 g/mol. The van der Waals surface area contributed by atoms with Crippen LogP contribution in [0.3, 0.4) is 0 Å². The van der Waals surface area contributed by atoms with Crippen LogP contribution in [0.4, 0.5) is 5.13 Å². The number of likely N-dealkylation sites (N-methyl/N-ethyl adjacent to an activating group) is 1. The third-order valence-electron chi connectivity index (χ3n) is 4.41. The molecule has 1 N–H and O–H groups in total. The first-order valence-electron chi connectivity index (χ1n) is 9.21. The number of hydrogen-bond donors (Lipinski definition) is 1. The normalized spacial score (nSPS) is 11.3. The summed E-state index contributed by atoms with van der Waals surface area (Å²) in [6.45, 7) is 0.713. The number of aromatic nitrogens is 2. The van der Waals surface area contributed by atoms with Gasteiger partial charge in [0.25, 0.3) is 0 Å². The lowest BCUT2D eigenvalue weighted by Gasteiger charge is -2.15. The number of nitrogens with one attached hydrogen (secondary N) is 1. The first kappa shape index (κ1) is 22.0. The van der Waals surface area contributed by atoms with E-state index in [1.807, 2.05) is 36.2 Å². The molecule has 0 aliphatic rings. The Balaban J connectivity index is 1.52. The van der Waals surface area contributed by atoms with Crippen LogP contribution in [0.5, 0.6) is 11.5 Å². The molecule has 0 fully saturated rings. The van der Waals surface area contributed by atoms with Crippen LogP contribution in [0.15, 0.2) is 53.4 Å². The van der Waals surface area contributed by atoms with Gasteiger partial charge >= 0.3 is 0 Å². The molecule has 0 aliphatic carbocycles. The molecule has 0 aliphatic heterocycles. The highest BCUT2D eigenvalue weighted by Crippen LogP contribution is 2.19. The van der Waals surface area contributed by atoms with Gasteiger partial charge in [0.2, 0.25) is 15.2 Å². The van der Waals surface area contributed by atoms with Crippen molar-refractivity contribution in [2.45, 2.75) is 11.3 Å². The smallest absolute Gasteiger partial charge is 0.240 e. The largest absolute Gasteiger partial charge is 0.497 e. The average molecular weight is 449 g/mol. The standard InChI is InChI=1S/C20H24N4O4S2/c1-24(13-12-21-30(25,26)18-10-8-17(28-3)9-11-18)20-22-19(23-29-20)14-15-4-6-16(27-2)7-5-15/h4-11,21H,12-14H2,1-3H3. The molecule has 0 saturated carbocycles. The number of hydrogen-bond acceptors (Lipinski definition) is 8. The molecule has 0 spiro atoms. The first-order chi connectivity index (χ1) is 14.4. The number of nitrogens with zero attached hydrogens (tertiary/aromatic N) is 3. The molecular formula is C20H24N4O4S2. The Hall–Kier alpha value is -2.69. The van der Waals surface area contributed by atoms with Crippen molar-refractivity contribution < 1.29 is 17.9 Å². The Kier molecular flexibility index (Phi) is 7.24. The van der Waals surface area contributed by atoms with Crippen LogP contribution in [0.2, 0.25) is 0 Å². The number of anilines is 1. The van der Waals surface area contributed by atoms with Crippen molar-refractivity contribution in [1.82, 2.24) is 14.1 Å². The van der Waals surface area contributed by atoms with Crippen LogP contribution < -0.4 is 19.1 Å². The quantitative estimate of drug-likeness (QED) is 0.509. The minimum Gasteiger partial charge on any atom is -0.497 e. The lowest BCUT2D eigenvalue weighted by molar-refractivity contribution is 0.414. The van der Waals surface area contributed by atoms with Crippen molar-refractivity contribution in [2.24, 2.45) is 0 Å². The molecule has 2 aromatic carbocycles. The van der Waals surface area contributed by atoms with Crippen LogP contribution in [0.25, 0.3) is 0 Å². The maximum Gasteiger partial charge on any atom is 0.240 e. The number of ether oxygens (including phenoxy) is 2. The second-order valence-electron chi connectivity index (χ2n) is 6.51. The van der Waals surface area contributed by atoms with Crippen molar-refractivity contribution in [2.75, 3.05) is 39.3 Å². The summed E-state index contributed by atoms with van der Waals surface area (Å²) in [5.74, 6) is 2.14. The minimum atomic E-state index is -3.58. The Morgan fingerprint density at radius 2 is 1.60 bits per heavy atom. The molecule has 0 amide bonds. The van der Waals surface area contributed by atoms with Crippen molar-refractivity contribution in [3.8, 4) is 11.5 Å². The topological polar surface area (TPSA) is 93.7 Å². The second kappa shape index (κ2) is 9.88. The van der Waals surface area contributed by atoms with E-state index < -0.39 is 10.0 Å². The maximum atomic E-state index is 12.4. The van der Waals surface area contributed by atoms with Crippen LogP contribution in [0, 0.1) is 0 Å². The van der Waals surface area contributed by atoms with Gasteiger partial charge in [-0.05, 0) is 42.0 Å². The average Bonchev–Trinajstić information content (AvgIpc) is 3.23. The molecule has 1 heterocycles. The Morgan fingerprint density at radius 3 is 2.20 bits per heavy atom. The van der Waals surface area contributed by atoms with Gasteiger partial charge < -0.3 is 14.4 Å². The fourth-order valence-corrected chi connectivity index (χ4v) is 4.37. The van der Waals surface area contributed by atoms with Gasteiger partial charge in [-0.2, -0.15) is 4.37 Å². The van der Waals surface area contributed by atoms with Gasteiger partial charge in [0.15, 0.2) is 0 Å². The van der Waals surface area contributed by atoms with Crippen LogP contribution in [-0.2, 0) is 16.4 Å². The summed E-state index contributed by atoms with van der Waals surface area (Å²) in [5, 5.41) is 0.738. The number of rotatable bonds is 10. The fourth-order valence-electron chi connectivity index (χ4n) is 2.68. The third-order valence-corrected chi connectivity index (χ3v) is 6.76. The number of benzene rings is 2. The van der Waals surface area contributed by atoms with E-state index in [-0.39, 0.29) is 11.4 Å². The van der Waals surface area contributed by atoms with Gasteiger partial charge in [0, 0.05) is 38.1 Å². The predicted octanol–water partition coefficient (Wildman–Crippen LogP) is 2.56. The molecule has 3 aromatic rings. The van der Waals surface area contributed by atoms with E-state index in [9.17, 15) is 8.42 Å². The summed E-state index contributed by atoms with van der Waals surface area (Å²) < 4.78 is 42.0. The molecule has 1 aromatic heterocycles. The van der Waals surface area contributed by atoms with Gasteiger partial charge in [-0.25, -0.2) is 18.1 Å². The highest BCUT2D eigenvalue weighted by atomic mass is 32.2. The molecule has 0 atom stereocenters. The molecule has 0 bridgehead atoms. The second-order valence-corrected chi connectivity index (χ2v) is 9.01. The van der Waals surface area contributed by atoms with E-state index in [4.69, 9.17) is 9.47 Å². The molecule has 3 rings (SSSR count). The van der Waals surface area contributed by atoms with E-state index in [0.717, 1.165) is 22.3 Å². The van der Waals surface area contributed by atoms with E-state index in [1.54, 1.807) is 19.2 Å². The van der Waals surface area contributed by atoms with Gasteiger partial charge in [0.05, 0.1) is 19.1 Å². The summed E-state index contributed by atoms with van der Waals surface area (Å²) in [6.07, 6.45) is 0.623. The first-order valence-corrected chi connectivity index (χ1v) is 11.5. The Bertz CT molecular complexity index is 1050. The zero-order chi connectivity index (χ0) is 21.6. The van der Waals surface area contributed by atoms with Crippen molar-refractivity contribution in [3.63, 3.8) is 0 Å². The summed E-state index contributed by atoms with van der Waals surface area (Å²) in [6, 6.07) is 14.0. The molecule has 8 nitrogen and oxygen atoms in total. The lowest BCUT2D eigenvalue weighted by Crippen LogP contribution is -2.33. The van der Waals surface area contributed by atoms with Gasteiger partial charge in [-0.15, -0.1) is 0 Å². The molecule has 30 heavy (non-hydrogen) atoms. The molecular weight excluding hydrogens is 424 g/mol. The van der Waals surface area contributed by atoms with E-state index >= 15 is 0 Å². The van der Waals surface area contributed by atoms with Crippen molar-refractivity contribution >= 4 is 26.7 Å². The van der Waals surface area contributed by atoms with Gasteiger partial charge in [0.1, 0.15) is 17.3 Å². The zero-order valence-corrected chi connectivity index (χ0v) is 18.7. The molecule has 0 unspecified atom stereocenters. The summed E-state index contributed by atoms with van der Waals surface area (Å²) in [7, 11) is 1.45. The fraction of sp³-hybridized carbons (Fsp3) is 0.300. The summed E-state index contributed by atoms with van der Waals surface area (Å²) in [5.41, 5.74) is 1.09. The van der Waals surface area contributed by atoms with E-state index in [1.165, 1.54) is 30.8 Å². The third kappa shape index (κ3) is 5.68. The predicted molar refractivity (Wildman–Crippen MR) is 117 cm³/mol. The summed E-state index contributed by atoms with van der Waals surface area (Å²) in [4.78, 5) is 6.63. The van der Waals surface area contributed by atoms with Crippen LogP contribution >= 0.6 is 11.5 Å².